The predicted octanol–water partition coefficient (Wildman–Crippen LogP) is 2.54. The first-order valence-electron chi connectivity index (χ1n) is 6.29. The summed E-state index contributed by atoms with van der Waals surface area (Å²) in [6, 6.07) is 3.09. The highest BCUT2D eigenvalue weighted by atomic mass is 32.2. The van der Waals surface area contributed by atoms with Gasteiger partial charge in [0.2, 0.25) is 15.8 Å². The molecule has 20 heavy (non-hydrogen) atoms. The molecule has 0 unspecified atom stereocenters. The second-order valence-electron chi connectivity index (χ2n) is 4.19. The number of para-hydroxylation sites is 1. The number of nitrogens with zero attached hydrogens (tertiary/aromatic N) is 2. The minimum Gasteiger partial charge on any atom is -0.258 e. The lowest BCUT2D eigenvalue weighted by Crippen LogP contribution is -2.32. The van der Waals surface area contributed by atoms with Gasteiger partial charge in [-0.05, 0) is 18.6 Å². The number of rotatable bonds is 7. The fraction of sp³-hybridized carbons (Fsp3) is 0.500. The van der Waals surface area contributed by atoms with Crippen LogP contribution in [0.3, 0.4) is 0 Å². The van der Waals surface area contributed by atoms with E-state index in [4.69, 9.17) is 0 Å². The van der Waals surface area contributed by atoms with Gasteiger partial charge in [-0.1, -0.05) is 26.3 Å². The van der Waals surface area contributed by atoms with Crippen LogP contribution in [0.2, 0.25) is 0 Å². The van der Waals surface area contributed by atoms with E-state index in [1.54, 1.807) is 6.92 Å². The van der Waals surface area contributed by atoms with Crippen molar-refractivity contribution in [2.24, 2.45) is 0 Å². The molecular weight excluding hydrogens is 287 g/mol. The quantitative estimate of drug-likeness (QED) is 0.572. The Labute approximate surface area is 117 Å². The summed E-state index contributed by atoms with van der Waals surface area (Å²) in [5.74, 6) is -1.15. The molecule has 0 bridgehead atoms. The SMILES string of the molecule is CCCCN(CC)S(=O)(=O)c1cccc(F)c1[N+](=O)[O-]. The fourth-order valence-electron chi connectivity index (χ4n) is 1.80. The predicted molar refractivity (Wildman–Crippen MR) is 72.4 cm³/mol. The molecule has 8 heteroatoms. The van der Waals surface area contributed by atoms with Crippen LogP contribution >= 0.6 is 0 Å². The third-order valence-corrected chi connectivity index (χ3v) is 4.87. The molecule has 6 nitrogen and oxygen atoms in total. The Bertz CT molecular complexity index is 589. The maximum atomic E-state index is 13.5. The van der Waals surface area contributed by atoms with E-state index in [9.17, 15) is 22.9 Å². The third-order valence-electron chi connectivity index (χ3n) is 2.86. The summed E-state index contributed by atoms with van der Waals surface area (Å²) in [6.07, 6.45) is 1.42. The molecule has 1 aromatic carbocycles. The molecule has 0 amide bonds. The zero-order valence-electron chi connectivity index (χ0n) is 11.4. The zero-order chi connectivity index (χ0) is 15.3. The highest BCUT2D eigenvalue weighted by molar-refractivity contribution is 7.89. The molecule has 0 N–H and O–H groups in total. The maximum absolute atomic E-state index is 13.5. The Morgan fingerprint density at radius 3 is 2.50 bits per heavy atom. The van der Waals surface area contributed by atoms with E-state index in [1.165, 1.54) is 0 Å². The van der Waals surface area contributed by atoms with Gasteiger partial charge >= 0.3 is 5.69 Å². The zero-order valence-corrected chi connectivity index (χ0v) is 12.2. The van der Waals surface area contributed by atoms with E-state index < -0.39 is 31.3 Å². The van der Waals surface area contributed by atoms with Gasteiger partial charge < -0.3 is 0 Å². The van der Waals surface area contributed by atoms with Crippen molar-refractivity contribution in [2.45, 2.75) is 31.6 Å². The van der Waals surface area contributed by atoms with Crippen LogP contribution in [-0.2, 0) is 10.0 Å². The van der Waals surface area contributed by atoms with Gasteiger partial charge in [0.15, 0.2) is 4.90 Å². The largest absolute Gasteiger partial charge is 0.324 e. The molecule has 1 aromatic rings. The Balaban J connectivity index is 3.34. The molecule has 0 saturated heterocycles. The molecule has 0 radical (unpaired) electrons. The topological polar surface area (TPSA) is 80.5 Å². The van der Waals surface area contributed by atoms with Crippen LogP contribution in [0.15, 0.2) is 23.1 Å². The molecule has 0 atom stereocenters. The lowest BCUT2D eigenvalue weighted by molar-refractivity contribution is -0.390. The number of unbranched alkanes of at least 4 members (excludes halogenated alkanes) is 1. The normalized spacial score (nSPS) is 11.8. The molecule has 112 valence electrons. The number of hydrogen-bond acceptors (Lipinski definition) is 4. The lowest BCUT2D eigenvalue weighted by Gasteiger charge is -2.20. The van der Waals surface area contributed by atoms with Gasteiger partial charge in [0, 0.05) is 13.1 Å². The first-order chi connectivity index (χ1) is 9.36. The van der Waals surface area contributed by atoms with Crippen LogP contribution in [0.25, 0.3) is 0 Å². The lowest BCUT2D eigenvalue weighted by atomic mass is 10.3. The molecule has 0 aliphatic rings. The van der Waals surface area contributed by atoms with E-state index >= 15 is 0 Å². The standard InChI is InChI=1S/C12H17FN2O4S/c1-3-5-9-14(4-2)20(18,19)11-8-6-7-10(13)12(11)15(16)17/h6-8H,3-5,9H2,1-2H3. The van der Waals surface area contributed by atoms with Crippen LogP contribution in [0.4, 0.5) is 10.1 Å². The molecule has 0 aromatic heterocycles. The van der Waals surface area contributed by atoms with Crippen molar-refractivity contribution in [3.05, 3.63) is 34.1 Å². The molecule has 0 saturated carbocycles. The average Bonchev–Trinajstić information content (AvgIpc) is 2.38. The first kappa shape index (κ1) is 16.5. The van der Waals surface area contributed by atoms with Crippen molar-refractivity contribution >= 4 is 15.7 Å². The molecular formula is C12H17FN2O4S. The molecule has 0 fully saturated rings. The minimum absolute atomic E-state index is 0.177. The highest BCUT2D eigenvalue weighted by Crippen LogP contribution is 2.29. The number of sulfonamides is 1. The number of nitro groups is 1. The summed E-state index contributed by atoms with van der Waals surface area (Å²) < 4.78 is 39.5. The van der Waals surface area contributed by atoms with Gasteiger partial charge in [0.25, 0.3) is 0 Å². The summed E-state index contributed by atoms with van der Waals surface area (Å²) in [5.41, 5.74) is -0.998. The maximum Gasteiger partial charge on any atom is 0.324 e. The Morgan fingerprint density at radius 2 is 2.00 bits per heavy atom. The smallest absolute Gasteiger partial charge is 0.258 e. The van der Waals surface area contributed by atoms with Crippen molar-refractivity contribution in [1.82, 2.24) is 4.31 Å². The van der Waals surface area contributed by atoms with E-state index in [0.717, 1.165) is 28.9 Å². The molecule has 0 heterocycles. The van der Waals surface area contributed by atoms with E-state index in [-0.39, 0.29) is 13.1 Å². The third kappa shape index (κ3) is 3.31. The van der Waals surface area contributed by atoms with Crippen molar-refractivity contribution in [2.75, 3.05) is 13.1 Å². The van der Waals surface area contributed by atoms with Gasteiger partial charge in [-0.15, -0.1) is 0 Å². The van der Waals surface area contributed by atoms with E-state index in [0.29, 0.717) is 6.42 Å². The van der Waals surface area contributed by atoms with Crippen LogP contribution < -0.4 is 0 Å². The summed E-state index contributed by atoms with van der Waals surface area (Å²) in [6.45, 7) is 3.97. The van der Waals surface area contributed by atoms with Gasteiger partial charge in [0.05, 0.1) is 4.92 Å². The van der Waals surface area contributed by atoms with Gasteiger partial charge in [-0.2, -0.15) is 8.70 Å². The molecule has 0 spiro atoms. The van der Waals surface area contributed by atoms with Crippen molar-refractivity contribution in [3.63, 3.8) is 0 Å². The Hall–Kier alpha value is -1.54. The number of halogens is 1. The molecule has 0 aliphatic carbocycles. The van der Waals surface area contributed by atoms with Crippen molar-refractivity contribution in [3.8, 4) is 0 Å². The van der Waals surface area contributed by atoms with Crippen LogP contribution in [0, 0.1) is 15.9 Å². The van der Waals surface area contributed by atoms with E-state index in [1.807, 2.05) is 6.92 Å². The van der Waals surface area contributed by atoms with Crippen LogP contribution in [0.5, 0.6) is 0 Å². The second-order valence-corrected chi connectivity index (χ2v) is 6.10. The summed E-state index contributed by atoms with van der Waals surface area (Å²) in [4.78, 5) is 9.30. The molecule has 1 rings (SSSR count). The number of benzene rings is 1. The van der Waals surface area contributed by atoms with Crippen LogP contribution in [0.1, 0.15) is 26.7 Å². The monoisotopic (exact) mass is 304 g/mol. The highest BCUT2D eigenvalue weighted by Gasteiger charge is 2.33. The summed E-state index contributed by atoms with van der Waals surface area (Å²) in [5, 5.41) is 10.9. The van der Waals surface area contributed by atoms with Crippen molar-refractivity contribution in [1.29, 1.82) is 0 Å². The average molecular weight is 304 g/mol. The summed E-state index contributed by atoms with van der Waals surface area (Å²) in [7, 11) is -4.07. The van der Waals surface area contributed by atoms with Crippen LogP contribution in [-0.4, -0.2) is 30.7 Å². The summed E-state index contributed by atoms with van der Waals surface area (Å²) >= 11 is 0. The number of hydrogen-bond donors (Lipinski definition) is 0. The van der Waals surface area contributed by atoms with Gasteiger partial charge in [-0.25, -0.2) is 8.42 Å². The van der Waals surface area contributed by atoms with Gasteiger partial charge in [0.1, 0.15) is 0 Å². The molecule has 0 aliphatic heterocycles. The first-order valence-corrected chi connectivity index (χ1v) is 7.73. The number of nitro benzene ring substituents is 1. The second kappa shape index (κ2) is 6.76. The fourth-order valence-corrected chi connectivity index (χ4v) is 3.46. The van der Waals surface area contributed by atoms with Crippen molar-refractivity contribution < 1.29 is 17.7 Å². The van der Waals surface area contributed by atoms with E-state index in [2.05, 4.69) is 0 Å². The Morgan fingerprint density at radius 1 is 1.35 bits per heavy atom. The van der Waals surface area contributed by atoms with Gasteiger partial charge in [-0.3, -0.25) is 10.1 Å². The minimum atomic E-state index is -4.07. The Kier molecular flexibility index (Phi) is 5.58.